The van der Waals surface area contributed by atoms with E-state index in [-0.39, 0.29) is 5.91 Å². The van der Waals surface area contributed by atoms with Crippen molar-refractivity contribution in [3.63, 3.8) is 0 Å². The molecule has 15 heavy (non-hydrogen) atoms. The molecule has 1 amide bonds. The first-order valence-corrected chi connectivity index (χ1v) is 5.99. The van der Waals surface area contributed by atoms with Crippen LogP contribution in [-0.2, 0) is 0 Å². The average molecular weight is 226 g/mol. The Balaban J connectivity index is 2.50. The van der Waals surface area contributed by atoms with Crippen LogP contribution in [-0.4, -0.2) is 38.0 Å². The minimum atomic E-state index is 0.138. The van der Waals surface area contributed by atoms with Gasteiger partial charge in [0, 0.05) is 13.6 Å². The smallest absolute Gasteiger partial charge is 0.263 e. The maximum absolute atomic E-state index is 11.9. The lowest BCUT2D eigenvalue weighted by atomic mass is 10.2. The van der Waals surface area contributed by atoms with Gasteiger partial charge in [-0.15, -0.1) is 11.3 Å². The van der Waals surface area contributed by atoms with Crippen LogP contribution < -0.4 is 5.32 Å². The maximum Gasteiger partial charge on any atom is 0.263 e. The topological polar surface area (TPSA) is 32.3 Å². The monoisotopic (exact) mass is 226 g/mol. The summed E-state index contributed by atoms with van der Waals surface area (Å²) in [5.74, 6) is 0.138. The van der Waals surface area contributed by atoms with Crippen LogP contribution in [0.15, 0.2) is 11.4 Å². The molecule has 0 saturated heterocycles. The fourth-order valence-electron chi connectivity index (χ4n) is 1.36. The van der Waals surface area contributed by atoms with E-state index in [9.17, 15) is 4.79 Å². The summed E-state index contributed by atoms with van der Waals surface area (Å²) in [7, 11) is 3.78. The Morgan fingerprint density at radius 1 is 1.60 bits per heavy atom. The molecular formula is C11H18N2OS. The number of hydrogen-bond donors (Lipinski definition) is 1. The summed E-state index contributed by atoms with van der Waals surface area (Å²) in [4.78, 5) is 14.6. The molecule has 4 heteroatoms. The molecule has 0 radical (unpaired) electrons. The van der Waals surface area contributed by atoms with Crippen molar-refractivity contribution in [2.45, 2.75) is 13.3 Å². The zero-order valence-electron chi connectivity index (χ0n) is 9.54. The lowest BCUT2D eigenvalue weighted by Crippen LogP contribution is -2.29. The molecule has 0 aromatic carbocycles. The van der Waals surface area contributed by atoms with Crippen LogP contribution in [0.5, 0.6) is 0 Å². The number of aryl methyl sites for hydroxylation is 1. The fourth-order valence-corrected chi connectivity index (χ4v) is 2.28. The second-order valence-electron chi connectivity index (χ2n) is 3.62. The number of nitrogens with one attached hydrogen (secondary N) is 1. The van der Waals surface area contributed by atoms with Gasteiger partial charge >= 0.3 is 0 Å². The van der Waals surface area contributed by atoms with Crippen LogP contribution in [0.4, 0.5) is 0 Å². The summed E-state index contributed by atoms with van der Waals surface area (Å²) in [6, 6.07) is 1.99. The van der Waals surface area contributed by atoms with Gasteiger partial charge in [0.2, 0.25) is 0 Å². The first-order valence-electron chi connectivity index (χ1n) is 5.11. The molecule has 0 fully saturated rings. The molecule has 0 saturated carbocycles. The van der Waals surface area contributed by atoms with Crippen molar-refractivity contribution in [2.24, 2.45) is 0 Å². The van der Waals surface area contributed by atoms with Crippen LogP contribution >= 0.6 is 11.3 Å². The molecule has 1 rings (SSSR count). The van der Waals surface area contributed by atoms with E-state index in [4.69, 9.17) is 0 Å². The molecule has 1 N–H and O–H groups in total. The molecule has 0 aliphatic rings. The number of amides is 1. The van der Waals surface area contributed by atoms with Crippen LogP contribution in [0.2, 0.25) is 0 Å². The van der Waals surface area contributed by atoms with Gasteiger partial charge in [0.25, 0.3) is 5.91 Å². The van der Waals surface area contributed by atoms with E-state index < -0.39 is 0 Å². The number of thiophene rings is 1. The Bertz CT molecular complexity index is 322. The van der Waals surface area contributed by atoms with Crippen molar-refractivity contribution in [1.29, 1.82) is 0 Å². The summed E-state index contributed by atoms with van der Waals surface area (Å²) in [5, 5.41) is 5.04. The van der Waals surface area contributed by atoms with E-state index in [0.29, 0.717) is 0 Å². The minimum absolute atomic E-state index is 0.138. The van der Waals surface area contributed by atoms with E-state index in [2.05, 4.69) is 5.32 Å². The van der Waals surface area contributed by atoms with Crippen molar-refractivity contribution in [3.8, 4) is 0 Å². The quantitative estimate of drug-likeness (QED) is 0.776. The second kappa shape index (κ2) is 5.88. The summed E-state index contributed by atoms with van der Waals surface area (Å²) in [6.45, 7) is 3.73. The molecule has 1 aromatic heterocycles. The van der Waals surface area contributed by atoms with E-state index in [1.807, 2.05) is 32.5 Å². The molecule has 0 spiro atoms. The van der Waals surface area contributed by atoms with Gasteiger partial charge in [0.1, 0.15) is 0 Å². The first kappa shape index (κ1) is 12.2. The molecular weight excluding hydrogens is 208 g/mol. The number of carbonyl (C=O) groups excluding carboxylic acids is 1. The molecule has 0 aliphatic carbocycles. The van der Waals surface area contributed by atoms with Crippen LogP contribution in [0.3, 0.4) is 0 Å². The van der Waals surface area contributed by atoms with Crippen LogP contribution in [0, 0.1) is 6.92 Å². The van der Waals surface area contributed by atoms with Gasteiger partial charge in [-0.2, -0.15) is 0 Å². The molecule has 0 bridgehead atoms. The van der Waals surface area contributed by atoms with Gasteiger partial charge in [-0.1, -0.05) is 0 Å². The number of hydrogen-bond acceptors (Lipinski definition) is 3. The Morgan fingerprint density at radius 2 is 2.33 bits per heavy atom. The Hall–Kier alpha value is -0.870. The van der Waals surface area contributed by atoms with Crippen molar-refractivity contribution in [2.75, 3.05) is 27.2 Å². The van der Waals surface area contributed by atoms with Gasteiger partial charge in [-0.3, -0.25) is 4.79 Å². The Morgan fingerprint density at radius 3 is 2.87 bits per heavy atom. The predicted octanol–water partition coefficient (Wildman–Crippen LogP) is 1.74. The fraction of sp³-hybridized carbons (Fsp3) is 0.545. The summed E-state index contributed by atoms with van der Waals surface area (Å²) >= 11 is 1.52. The molecule has 1 aromatic rings. The standard InChI is InChI=1S/C11H18N2OS/c1-9-5-8-15-10(9)11(14)13(3)7-4-6-12-2/h5,8,12H,4,6-7H2,1-3H3. The molecule has 0 aliphatic heterocycles. The minimum Gasteiger partial charge on any atom is -0.341 e. The predicted molar refractivity (Wildman–Crippen MR) is 64.6 cm³/mol. The highest BCUT2D eigenvalue weighted by Gasteiger charge is 2.14. The van der Waals surface area contributed by atoms with Crippen molar-refractivity contribution >= 4 is 17.2 Å². The van der Waals surface area contributed by atoms with E-state index >= 15 is 0 Å². The van der Waals surface area contributed by atoms with Crippen molar-refractivity contribution < 1.29 is 4.79 Å². The van der Waals surface area contributed by atoms with E-state index in [1.165, 1.54) is 11.3 Å². The SMILES string of the molecule is CNCCCN(C)C(=O)c1sccc1C. The Labute approximate surface area is 95.1 Å². The zero-order chi connectivity index (χ0) is 11.3. The Kier molecular flexibility index (Phi) is 4.78. The summed E-state index contributed by atoms with van der Waals surface area (Å²) in [5.41, 5.74) is 1.07. The third-order valence-corrected chi connectivity index (χ3v) is 3.33. The number of carbonyl (C=O) groups is 1. The second-order valence-corrected chi connectivity index (χ2v) is 4.53. The molecule has 0 atom stereocenters. The lowest BCUT2D eigenvalue weighted by molar-refractivity contribution is 0.0798. The third kappa shape index (κ3) is 3.32. The van der Waals surface area contributed by atoms with Crippen LogP contribution in [0.1, 0.15) is 21.7 Å². The van der Waals surface area contributed by atoms with Crippen molar-refractivity contribution in [3.05, 3.63) is 21.9 Å². The lowest BCUT2D eigenvalue weighted by Gasteiger charge is -2.16. The van der Waals surface area contributed by atoms with Crippen LogP contribution in [0.25, 0.3) is 0 Å². The molecule has 84 valence electrons. The highest BCUT2D eigenvalue weighted by atomic mass is 32.1. The van der Waals surface area contributed by atoms with Gasteiger partial charge in [0.15, 0.2) is 0 Å². The maximum atomic E-state index is 11.9. The highest BCUT2D eigenvalue weighted by molar-refractivity contribution is 7.12. The first-order chi connectivity index (χ1) is 7.16. The highest BCUT2D eigenvalue weighted by Crippen LogP contribution is 2.17. The third-order valence-electron chi connectivity index (χ3n) is 2.32. The van der Waals surface area contributed by atoms with Gasteiger partial charge in [0.05, 0.1) is 4.88 Å². The van der Waals surface area contributed by atoms with Gasteiger partial charge in [-0.25, -0.2) is 0 Å². The molecule has 0 unspecified atom stereocenters. The number of rotatable bonds is 5. The van der Waals surface area contributed by atoms with E-state index in [1.54, 1.807) is 4.90 Å². The summed E-state index contributed by atoms with van der Waals surface area (Å²) in [6.07, 6.45) is 0.989. The number of nitrogens with zero attached hydrogens (tertiary/aromatic N) is 1. The average Bonchev–Trinajstić information content (AvgIpc) is 2.63. The van der Waals surface area contributed by atoms with Gasteiger partial charge in [-0.05, 0) is 43.9 Å². The molecule has 3 nitrogen and oxygen atoms in total. The van der Waals surface area contributed by atoms with Gasteiger partial charge < -0.3 is 10.2 Å². The zero-order valence-corrected chi connectivity index (χ0v) is 10.4. The largest absolute Gasteiger partial charge is 0.341 e. The summed E-state index contributed by atoms with van der Waals surface area (Å²) < 4.78 is 0. The molecule has 1 heterocycles. The van der Waals surface area contributed by atoms with Crippen molar-refractivity contribution in [1.82, 2.24) is 10.2 Å². The normalized spacial score (nSPS) is 10.3. The van der Waals surface area contributed by atoms with E-state index in [0.717, 1.165) is 30.0 Å².